The van der Waals surface area contributed by atoms with Crippen LogP contribution in [0, 0.1) is 11.7 Å². The fraction of sp³-hybridized carbons (Fsp3) is 0.571. The first-order valence-corrected chi connectivity index (χ1v) is 8.43. The molecule has 0 spiro atoms. The molecule has 1 aromatic carbocycles. The number of rotatable bonds is 5. The average molecular weight is 285 g/mol. The topological polar surface area (TPSA) is 46.2 Å². The monoisotopic (exact) mass is 285 g/mol. The van der Waals surface area contributed by atoms with Crippen molar-refractivity contribution >= 4 is 9.84 Å². The lowest BCUT2D eigenvalue weighted by Gasteiger charge is -2.19. The Bertz CT molecular complexity index is 530. The van der Waals surface area contributed by atoms with Gasteiger partial charge in [-0.15, -0.1) is 0 Å². The summed E-state index contributed by atoms with van der Waals surface area (Å²) in [6.45, 7) is 0. The van der Waals surface area contributed by atoms with E-state index in [1.165, 1.54) is 12.1 Å². The molecule has 3 nitrogen and oxygen atoms in total. The SMILES string of the molecule is CNC(Cc1cccc(F)c1)CC1CCS(=O)(=O)C1. The third-order valence-corrected chi connectivity index (χ3v) is 5.56. The van der Waals surface area contributed by atoms with E-state index in [-0.39, 0.29) is 17.8 Å². The van der Waals surface area contributed by atoms with Gasteiger partial charge in [0.15, 0.2) is 9.84 Å². The van der Waals surface area contributed by atoms with Crippen molar-refractivity contribution in [3.05, 3.63) is 35.6 Å². The standard InChI is InChI=1S/C14H20FNO2S/c1-16-14(8-11-3-2-4-13(15)7-11)9-12-5-6-19(17,18)10-12/h2-4,7,12,14,16H,5-6,8-10H2,1H3. The van der Waals surface area contributed by atoms with Crippen LogP contribution in [0.25, 0.3) is 0 Å². The quantitative estimate of drug-likeness (QED) is 0.897. The highest BCUT2D eigenvalue weighted by molar-refractivity contribution is 7.91. The van der Waals surface area contributed by atoms with Gasteiger partial charge in [0, 0.05) is 6.04 Å². The lowest BCUT2D eigenvalue weighted by molar-refractivity contribution is 0.423. The van der Waals surface area contributed by atoms with E-state index < -0.39 is 9.84 Å². The van der Waals surface area contributed by atoms with Gasteiger partial charge in [0.05, 0.1) is 11.5 Å². The zero-order valence-corrected chi connectivity index (χ0v) is 11.9. The van der Waals surface area contributed by atoms with Gasteiger partial charge in [0.2, 0.25) is 0 Å². The molecule has 0 radical (unpaired) electrons. The van der Waals surface area contributed by atoms with Gasteiger partial charge in [0.1, 0.15) is 5.82 Å². The number of hydrogen-bond acceptors (Lipinski definition) is 3. The molecule has 1 aliphatic rings. The van der Waals surface area contributed by atoms with Gasteiger partial charge in [-0.1, -0.05) is 12.1 Å². The van der Waals surface area contributed by atoms with Crippen LogP contribution < -0.4 is 5.32 Å². The molecule has 0 amide bonds. The Balaban J connectivity index is 1.94. The van der Waals surface area contributed by atoms with E-state index in [0.29, 0.717) is 11.5 Å². The number of benzene rings is 1. The smallest absolute Gasteiger partial charge is 0.150 e. The van der Waals surface area contributed by atoms with Crippen LogP contribution in [-0.2, 0) is 16.3 Å². The Hall–Kier alpha value is -0.940. The zero-order valence-electron chi connectivity index (χ0n) is 11.1. The summed E-state index contributed by atoms with van der Waals surface area (Å²) < 4.78 is 36.0. The molecule has 19 heavy (non-hydrogen) atoms. The molecule has 1 fully saturated rings. The Kier molecular flexibility index (Phi) is 4.58. The summed E-state index contributed by atoms with van der Waals surface area (Å²) in [5.41, 5.74) is 0.945. The van der Waals surface area contributed by atoms with Crippen molar-refractivity contribution in [1.82, 2.24) is 5.32 Å². The van der Waals surface area contributed by atoms with E-state index in [0.717, 1.165) is 24.8 Å². The number of nitrogens with one attached hydrogen (secondary N) is 1. The van der Waals surface area contributed by atoms with E-state index >= 15 is 0 Å². The summed E-state index contributed by atoms with van der Waals surface area (Å²) in [6.07, 6.45) is 2.31. The number of hydrogen-bond donors (Lipinski definition) is 1. The van der Waals surface area contributed by atoms with E-state index in [9.17, 15) is 12.8 Å². The molecule has 1 heterocycles. The highest BCUT2D eigenvalue weighted by atomic mass is 32.2. The van der Waals surface area contributed by atoms with Gasteiger partial charge in [-0.2, -0.15) is 0 Å². The molecule has 1 aliphatic heterocycles. The Morgan fingerprint density at radius 2 is 2.26 bits per heavy atom. The van der Waals surface area contributed by atoms with Crippen LogP contribution in [0.15, 0.2) is 24.3 Å². The molecule has 0 aliphatic carbocycles. The van der Waals surface area contributed by atoms with Crippen molar-refractivity contribution < 1.29 is 12.8 Å². The predicted molar refractivity (Wildman–Crippen MR) is 74.3 cm³/mol. The molecular formula is C14H20FNO2S. The highest BCUT2D eigenvalue weighted by Gasteiger charge is 2.29. The molecule has 1 aromatic rings. The lowest BCUT2D eigenvalue weighted by Crippen LogP contribution is -2.30. The maximum Gasteiger partial charge on any atom is 0.150 e. The maximum atomic E-state index is 13.1. The van der Waals surface area contributed by atoms with Gasteiger partial charge in [-0.05, 0) is 49.9 Å². The van der Waals surface area contributed by atoms with E-state index in [1.807, 2.05) is 13.1 Å². The molecule has 0 saturated carbocycles. The van der Waals surface area contributed by atoms with Crippen molar-refractivity contribution in [2.24, 2.45) is 5.92 Å². The summed E-state index contributed by atoms with van der Waals surface area (Å²) in [5.74, 6) is 0.620. The largest absolute Gasteiger partial charge is 0.317 e. The third kappa shape index (κ3) is 4.28. The van der Waals surface area contributed by atoms with E-state index in [1.54, 1.807) is 6.07 Å². The van der Waals surface area contributed by atoms with Crippen LogP contribution in [0.5, 0.6) is 0 Å². The molecule has 1 N–H and O–H groups in total. The molecule has 5 heteroatoms. The van der Waals surface area contributed by atoms with Crippen LogP contribution in [0.1, 0.15) is 18.4 Å². The Labute approximate surface area is 114 Å². The normalized spacial score (nSPS) is 23.4. The molecule has 1 saturated heterocycles. The molecule has 0 bridgehead atoms. The van der Waals surface area contributed by atoms with Crippen LogP contribution in [0.4, 0.5) is 4.39 Å². The van der Waals surface area contributed by atoms with Crippen molar-refractivity contribution in [2.75, 3.05) is 18.6 Å². The average Bonchev–Trinajstić information content (AvgIpc) is 2.68. The number of sulfone groups is 1. The van der Waals surface area contributed by atoms with Gasteiger partial charge < -0.3 is 5.32 Å². The number of halogens is 1. The van der Waals surface area contributed by atoms with E-state index in [2.05, 4.69) is 5.32 Å². The molecule has 2 rings (SSSR count). The fourth-order valence-corrected chi connectivity index (χ4v) is 4.59. The summed E-state index contributed by atoms with van der Waals surface area (Å²) in [6, 6.07) is 6.77. The Morgan fingerprint density at radius 1 is 1.47 bits per heavy atom. The second-order valence-corrected chi connectivity index (χ2v) is 7.55. The molecule has 0 aromatic heterocycles. The van der Waals surface area contributed by atoms with Crippen molar-refractivity contribution in [1.29, 1.82) is 0 Å². The molecule has 2 unspecified atom stereocenters. The van der Waals surface area contributed by atoms with Crippen LogP contribution in [0.3, 0.4) is 0 Å². The summed E-state index contributed by atoms with van der Waals surface area (Å²) >= 11 is 0. The summed E-state index contributed by atoms with van der Waals surface area (Å²) in [5, 5.41) is 3.21. The predicted octanol–water partition coefficient (Wildman–Crippen LogP) is 1.78. The summed E-state index contributed by atoms with van der Waals surface area (Å²) in [4.78, 5) is 0. The first-order chi connectivity index (χ1) is 8.98. The summed E-state index contributed by atoms with van der Waals surface area (Å²) in [7, 11) is -0.948. The minimum Gasteiger partial charge on any atom is -0.317 e. The first kappa shape index (κ1) is 14.5. The minimum absolute atomic E-state index is 0.195. The Morgan fingerprint density at radius 3 is 2.84 bits per heavy atom. The second kappa shape index (κ2) is 6.01. The van der Waals surface area contributed by atoms with Crippen molar-refractivity contribution in [3.63, 3.8) is 0 Å². The van der Waals surface area contributed by atoms with Gasteiger partial charge >= 0.3 is 0 Å². The number of likely N-dealkylation sites (N-methyl/N-ethyl adjacent to an activating group) is 1. The first-order valence-electron chi connectivity index (χ1n) is 6.60. The molecule has 106 valence electrons. The van der Waals surface area contributed by atoms with E-state index in [4.69, 9.17) is 0 Å². The van der Waals surface area contributed by atoms with Gasteiger partial charge in [0.25, 0.3) is 0 Å². The lowest BCUT2D eigenvalue weighted by atomic mass is 9.95. The third-order valence-electron chi connectivity index (χ3n) is 3.72. The van der Waals surface area contributed by atoms with Crippen LogP contribution >= 0.6 is 0 Å². The minimum atomic E-state index is -2.82. The molecular weight excluding hydrogens is 265 g/mol. The van der Waals surface area contributed by atoms with Crippen molar-refractivity contribution in [3.8, 4) is 0 Å². The highest BCUT2D eigenvalue weighted by Crippen LogP contribution is 2.24. The van der Waals surface area contributed by atoms with Crippen LogP contribution in [-0.4, -0.2) is 33.0 Å². The maximum absolute atomic E-state index is 13.1. The second-order valence-electron chi connectivity index (χ2n) is 5.32. The van der Waals surface area contributed by atoms with Gasteiger partial charge in [-0.25, -0.2) is 12.8 Å². The molecule has 2 atom stereocenters. The van der Waals surface area contributed by atoms with Gasteiger partial charge in [-0.3, -0.25) is 0 Å². The fourth-order valence-electron chi connectivity index (χ4n) is 2.71. The van der Waals surface area contributed by atoms with Crippen LogP contribution in [0.2, 0.25) is 0 Å². The van der Waals surface area contributed by atoms with Crippen molar-refractivity contribution in [2.45, 2.75) is 25.3 Å². The zero-order chi connectivity index (χ0) is 13.9.